The number of rotatable bonds is 2. The Morgan fingerprint density at radius 2 is 2.33 bits per heavy atom. The molecule has 0 aromatic carbocycles. The van der Waals surface area contributed by atoms with Gasteiger partial charge in [-0.15, -0.1) is 11.6 Å². The highest BCUT2D eigenvalue weighted by molar-refractivity contribution is 6.31. The van der Waals surface area contributed by atoms with E-state index in [1.807, 2.05) is 13.8 Å². The van der Waals surface area contributed by atoms with Crippen molar-refractivity contribution in [3.8, 4) is 0 Å². The normalized spacial score (nSPS) is 43.0. The van der Waals surface area contributed by atoms with Crippen LogP contribution in [0.2, 0.25) is 0 Å². The van der Waals surface area contributed by atoms with Gasteiger partial charge in [0.1, 0.15) is 0 Å². The molecule has 1 saturated heterocycles. The third kappa shape index (κ3) is 2.49. The highest BCUT2D eigenvalue weighted by atomic mass is 35.5. The summed E-state index contributed by atoms with van der Waals surface area (Å²) >= 11 is 12.0. The molecule has 1 aliphatic rings. The van der Waals surface area contributed by atoms with Gasteiger partial charge in [-0.1, -0.05) is 11.6 Å². The van der Waals surface area contributed by atoms with Gasteiger partial charge >= 0.3 is 0 Å². The van der Waals surface area contributed by atoms with Crippen LogP contribution in [-0.4, -0.2) is 23.3 Å². The fourth-order valence-electron chi connectivity index (χ4n) is 1.17. The van der Waals surface area contributed by atoms with E-state index in [2.05, 4.69) is 0 Å². The zero-order valence-electron chi connectivity index (χ0n) is 7.35. The SMILES string of the molecule is CCOC1CCC(C)(Cl)C(Cl)O1. The molecule has 1 heterocycles. The maximum atomic E-state index is 6.08. The van der Waals surface area contributed by atoms with E-state index in [4.69, 9.17) is 32.7 Å². The number of halogens is 2. The van der Waals surface area contributed by atoms with Crippen molar-refractivity contribution in [1.29, 1.82) is 0 Å². The van der Waals surface area contributed by atoms with Crippen LogP contribution < -0.4 is 0 Å². The second kappa shape index (κ2) is 4.14. The van der Waals surface area contributed by atoms with Crippen molar-refractivity contribution >= 4 is 23.2 Å². The predicted octanol–water partition coefficient (Wildman–Crippen LogP) is 2.72. The first-order valence-corrected chi connectivity index (χ1v) is 4.97. The number of ether oxygens (including phenoxy) is 2. The van der Waals surface area contributed by atoms with Gasteiger partial charge in [-0.25, -0.2) is 0 Å². The summed E-state index contributed by atoms with van der Waals surface area (Å²) in [5.74, 6) is 0. The van der Waals surface area contributed by atoms with Crippen LogP contribution in [0, 0.1) is 0 Å². The summed E-state index contributed by atoms with van der Waals surface area (Å²) in [6, 6.07) is 0. The number of hydrogen-bond donors (Lipinski definition) is 0. The molecule has 0 N–H and O–H groups in total. The van der Waals surface area contributed by atoms with E-state index in [1.165, 1.54) is 0 Å². The molecular weight excluding hydrogens is 199 g/mol. The molecule has 3 atom stereocenters. The van der Waals surface area contributed by atoms with Crippen molar-refractivity contribution < 1.29 is 9.47 Å². The van der Waals surface area contributed by atoms with Gasteiger partial charge in [0.15, 0.2) is 11.9 Å². The summed E-state index contributed by atoms with van der Waals surface area (Å²) < 4.78 is 10.6. The predicted molar refractivity (Wildman–Crippen MR) is 49.6 cm³/mol. The van der Waals surface area contributed by atoms with Gasteiger partial charge in [-0.3, -0.25) is 0 Å². The molecule has 1 rings (SSSR count). The Kier molecular flexibility index (Phi) is 3.65. The third-order valence-corrected chi connectivity index (χ3v) is 3.05. The van der Waals surface area contributed by atoms with Crippen molar-refractivity contribution in [2.24, 2.45) is 0 Å². The van der Waals surface area contributed by atoms with E-state index >= 15 is 0 Å². The van der Waals surface area contributed by atoms with Crippen LogP contribution in [0.25, 0.3) is 0 Å². The van der Waals surface area contributed by atoms with E-state index in [1.54, 1.807) is 0 Å². The average molecular weight is 213 g/mol. The topological polar surface area (TPSA) is 18.5 Å². The molecule has 0 saturated carbocycles. The van der Waals surface area contributed by atoms with Crippen LogP contribution in [-0.2, 0) is 9.47 Å². The largest absolute Gasteiger partial charge is 0.353 e. The Labute approximate surface area is 83.1 Å². The van der Waals surface area contributed by atoms with E-state index in [0.717, 1.165) is 12.8 Å². The minimum atomic E-state index is -0.454. The maximum Gasteiger partial charge on any atom is 0.159 e. The molecule has 0 amide bonds. The second-order valence-electron chi connectivity index (χ2n) is 3.15. The van der Waals surface area contributed by atoms with Gasteiger partial charge in [0.2, 0.25) is 0 Å². The molecule has 4 heteroatoms. The first-order valence-electron chi connectivity index (χ1n) is 4.16. The molecule has 72 valence electrons. The van der Waals surface area contributed by atoms with Gasteiger partial charge in [0.05, 0.1) is 4.87 Å². The Balaban J connectivity index is 2.41. The lowest BCUT2D eigenvalue weighted by molar-refractivity contribution is -0.179. The first kappa shape index (κ1) is 10.6. The lowest BCUT2D eigenvalue weighted by Crippen LogP contribution is -2.41. The van der Waals surface area contributed by atoms with Crippen LogP contribution in [0.5, 0.6) is 0 Å². The summed E-state index contributed by atoms with van der Waals surface area (Å²) in [6.45, 7) is 4.46. The average Bonchev–Trinajstić information content (AvgIpc) is 1.98. The summed E-state index contributed by atoms with van der Waals surface area (Å²) in [4.78, 5) is -0.449. The standard InChI is InChI=1S/C8H14Cl2O2/c1-3-11-6-4-5-8(2,10)7(9)12-6/h6-7H,3-5H2,1-2H3. The van der Waals surface area contributed by atoms with Crippen molar-refractivity contribution in [2.75, 3.05) is 6.61 Å². The Morgan fingerprint density at radius 1 is 1.67 bits per heavy atom. The first-order chi connectivity index (χ1) is 5.56. The number of alkyl halides is 2. The highest BCUT2D eigenvalue weighted by Gasteiger charge is 2.38. The van der Waals surface area contributed by atoms with Crippen molar-refractivity contribution in [3.05, 3.63) is 0 Å². The maximum absolute atomic E-state index is 6.08. The lowest BCUT2D eigenvalue weighted by atomic mass is 10.0. The number of hydrogen-bond acceptors (Lipinski definition) is 2. The molecule has 0 aromatic rings. The van der Waals surface area contributed by atoms with Crippen molar-refractivity contribution in [2.45, 2.75) is 43.4 Å². The van der Waals surface area contributed by atoms with Crippen LogP contribution in [0.1, 0.15) is 26.7 Å². The minimum absolute atomic E-state index is 0.177. The second-order valence-corrected chi connectivity index (χ2v) is 4.41. The van der Waals surface area contributed by atoms with E-state index in [0.29, 0.717) is 6.61 Å². The molecule has 0 aliphatic carbocycles. The zero-order valence-corrected chi connectivity index (χ0v) is 8.86. The van der Waals surface area contributed by atoms with E-state index in [-0.39, 0.29) is 6.29 Å². The quantitative estimate of drug-likeness (QED) is 0.656. The van der Waals surface area contributed by atoms with Crippen LogP contribution in [0.4, 0.5) is 0 Å². The molecule has 0 spiro atoms. The fourth-order valence-corrected chi connectivity index (χ4v) is 1.55. The third-order valence-electron chi connectivity index (χ3n) is 1.97. The molecule has 1 fully saturated rings. The van der Waals surface area contributed by atoms with Gasteiger partial charge in [-0.2, -0.15) is 0 Å². The van der Waals surface area contributed by atoms with Crippen molar-refractivity contribution in [1.82, 2.24) is 0 Å². The lowest BCUT2D eigenvalue weighted by Gasteiger charge is -2.36. The Hall–Kier alpha value is 0.500. The minimum Gasteiger partial charge on any atom is -0.353 e. The van der Waals surface area contributed by atoms with Gasteiger partial charge in [-0.05, 0) is 20.3 Å². The van der Waals surface area contributed by atoms with Crippen LogP contribution >= 0.6 is 23.2 Å². The monoisotopic (exact) mass is 212 g/mol. The molecule has 12 heavy (non-hydrogen) atoms. The molecular formula is C8H14Cl2O2. The fraction of sp³-hybridized carbons (Fsp3) is 1.00. The molecule has 2 nitrogen and oxygen atoms in total. The smallest absolute Gasteiger partial charge is 0.159 e. The molecule has 0 radical (unpaired) electrons. The Morgan fingerprint density at radius 3 is 2.83 bits per heavy atom. The molecule has 0 aromatic heterocycles. The van der Waals surface area contributed by atoms with Gasteiger partial charge in [0, 0.05) is 13.0 Å². The Bertz CT molecular complexity index is 150. The highest BCUT2D eigenvalue weighted by Crippen LogP contribution is 2.36. The van der Waals surface area contributed by atoms with Crippen LogP contribution in [0.15, 0.2) is 0 Å². The zero-order chi connectivity index (χ0) is 9.19. The van der Waals surface area contributed by atoms with E-state index < -0.39 is 10.4 Å². The van der Waals surface area contributed by atoms with Gasteiger partial charge in [0.25, 0.3) is 0 Å². The summed E-state index contributed by atoms with van der Waals surface area (Å²) in [7, 11) is 0. The molecule has 3 unspecified atom stereocenters. The van der Waals surface area contributed by atoms with Gasteiger partial charge < -0.3 is 9.47 Å². The van der Waals surface area contributed by atoms with Crippen molar-refractivity contribution in [3.63, 3.8) is 0 Å². The molecule has 1 aliphatic heterocycles. The van der Waals surface area contributed by atoms with Crippen LogP contribution in [0.3, 0.4) is 0 Å². The molecule has 0 bridgehead atoms. The van der Waals surface area contributed by atoms with E-state index in [9.17, 15) is 0 Å². The summed E-state index contributed by atoms with van der Waals surface area (Å²) in [6.07, 6.45) is 1.47. The summed E-state index contributed by atoms with van der Waals surface area (Å²) in [5.41, 5.74) is -0.454. The summed E-state index contributed by atoms with van der Waals surface area (Å²) in [5, 5.41) is 0.